The zero-order valence-electron chi connectivity index (χ0n) is 14.4. The van der Waals surface area contributed by atoms with Crippen molar-refractivity contribution >= 4 is 48.3 Å². The van der Waals surface area contributed by atoms with Gasteiger partial charge in [-0.2, -0.15) is 4.31 Å². The molecule has 1 aliphatic heterocycles. The molecule has 1 aromatic carbocycles. The largest absolute Gasteiger partial charge is 0.422 e. The smallest absolute Gasteiger partial charge is 0.345 e. The van der Waals surface area contributed by atoms with E-state index in [4.69, 9.17) is 9.15 Å². The summed E-state index contributed by atoms with van der Waals surface area (Å²) in [5, 5.41) is 0.810. The van der Waals surface area contributed by atoms with Gasteiger partial charge in [-0.1, -0.05) is 15.9 Å². The van der Waals surface area contributed by atoms with Gasteiger partial charge < -0.3 is 9.15 Å². The van der Waals surface area contributed by atoms with Gasteiger partial charge in [-0.15, -0.1) is 11.3 Å². The van der Waals surface area contributed by atoms with Crippen LogP contribution in [0.25, 0.3) is 21.4 Å². The molecule has 6 nitrogen and oxygen atoms in total. The van der Waals surface area contributed by atoms with E-state index in [1.54, 1.807) is 18.2 Å². The second-order valence-corrected chi connectivity index (χ2v) is 10.3. The summed E-state index contributed by atoms with van der Waals surface area (Å²) in [6.45, 7) is 3.29. The van der Waals surface area contributed by atoms with Crippen LogP contribution in [0.4, 0.5) is 0 Å². The lowest BCUT2D eigenvalue weighted by Crippen LogP contribution is -2.40. The molecular formula is C18H16BrNO5S2. The number of sulfonamides is 1. The first-order valence-electron chi connectivity index (χ1n) is 8.29. The van der Waals surface area contributed by atoms with E-state index in [1.165, 1.54) is 4.31 Å². The molecule has 0 unspecified atom stereocenters. The van der Waals surface area contributed by atoms with Crippen LogP contribution in [0.1, 0.15) is 5.56 Å². The first kappa shape index (κ1) is 18.8. The summed E-state index contributed by atoms with van der Waals surface area (Å²) < 4.78 is 38.8. The number of aryl methyl sites for hydroxylation is 1. The molecule has 0 amide bonds. The third-order valence-corrected chi connectivity index (χ3v) is 8.48. The van der Waals surface area contributed by atoms with E-state index >= 15 is 0 Å². The number of morpholine rings is 1. The highest BCUT2D eigenvalue weighted by atomic mass is 79.9. The molecule has 0 aliphatic carbocycles. The summed E-state index contributed by atoms with van der Waals surface area (Å²) in [5.74, 6) is 0. The van der Waals surface area contributed by atoms with Crippen LogP contribution in [0.15, 0.2) is 48.2 Å². The molecule has 0 N–H and O–H groups in total. The third-order valence-electron chi connectivity index (χ3n) is 4.52. The SMILES string of the molecule is Cc1c(-c2ccc(S(=O)(=O)N3CCOCC3)s2)c(=O)oc2ccc(Br)cc12. The van der Waals surface area contributed by atoms with Crippen LogP contribution in [0, 0.1) is 6.92 Å². The first-order valence-corrected chi connectivity index (χ1v) is 11.3. The minimum absolute atomic E-state index is 0.215. The minimum atomic E-state index is -3.59. The Hall–Kier alpha value is -1.52. The molecule has 2 aromatic heterocycles. The molecule has 27 heavy (non-hydrogen) atoms. The van der Waals surface area contributed by atoms with Gasteiger partial charge in [-0.3, -0.25) is 0 Å². The van der Waals surface area contributed by atoms with Crippen LogP contribution in [-0.4, -0.2) is 39.0 Å². The Morgan fingerprint density at radius 3 is 2.63 bits per heavy atom. The van der Waals surface area contributed by atoms with Gasteiger partial charge >= 0.3 is 5.63 Å². The Bertz CT molecular complexity index is 1180. The van der Waals surface area contributed by atoms with Gasteiger partial charge in [-0.05, 0) is 42.8 Å². The molecule has 1 aliphatic rings. The van der Waals surface area contributed by atoms with Gasteiger partial charge in [0, 0.05) is 27.8 Å². The molecule has 4 rings (SSSR count). The number of fused-ring (bicyclic) bond motifs is 1. The van der Waals surface area contributed by atoms with Gasteiger partial charge in [0.25, 0.3) is 10.0 Å². The fourth-order valence-electron chi connectivity index (χ4n) is 3.12. The van der Waals surface area contributed by atoms with Gasteiger partial charge in [0.1, 0.15) is 9.79 Å². The highest BCUT2D eigenvalue weighted by Crippen LogP contribution is 2.35. The van der Waals surface area contributed by atoms with Gasteiger partial charge in [-0.25, -0.2) is 13.2 Å². The third kappa shape index (κ3) is 3.38. The van der Waals surface area contributed by atoms with E-state index in [9.17, 15) is 13.2 Å². The first-order chi connectivity index (χ1) is 12.9. The molecular weight excluding hydrogens is 454 g/mol. The topological polar surface area (TPSA) is 76.8 Å². The second-order valence-electron chi connectivity index (χ2n) is 6.17. The average Bonchev–Trinajstić information content (AvgIpc) is 3.14. The molecule has 1 fully saturated rings. The van der Waals surface area contributed by atoms with E-state index in [0.717, 1.165) is 26.8 Å². The van der Waals surface area contributed by atoms with E-state index in [1.807, 2.05) is 19.1 Å². The summed E-state index contributed by atoms with van der Waals surface area (Å²) in [6.07, 6.45) is 0. The van der Waals surface area contributed by atoms with Crippen LogP contribution in [0.2, 0.25) is 0 Å². The number of hydrogen-bond acceptors (Lipinski definition) is 6. The molecule has 3 aromatic rings. The zero-order chi connectivity index (χ0) is 19.2. The molecule has 0 atom stereocenters. The summed E-state index contributed by atoms with van der Waals surface area (Å²) >= 11 is 4.51. The van der Waals surface area contributed by atoms with Crippen molar-refractivity contribution in [1.82, 2.24) is 4.31 Å². The van der Waals surface area contributed by atoms with Crippen molar-refractivity contribution in [1.29, 1.82) is 0 Å². The van der Waals surface area contributed by atoms with Crippen LogP contribution in [0.3, 0.4) is 0 Å². The summed E-state index contributed by atoms with van der Waals surface area (Å²) in [7, 11) is -3.59. The standard InChI is InChI=1S/C18H16BrNO5S2/c1-11-13-10-12(19)2-3-14(13)25-18(21)17(11)15-4-5-16(26-15)27(22,23)20-6-8-24-9-7-20/h2-5,10H,6-9H2,1H3. The maximum Gasteiger partial charge on any atom is 0.345 e. The van der Waals surface area contributed by atoms with E-state index in [-0.39, 0.29) is 4.21 Å². The molecule has 0 bridgehead atoms. The Labute approximate surface area is 168 Å². The quantitative estimate of drug-likeness (QED) is 0.547. The number of rotatable bonds is 3. The summed E-state index contributed by atoms with van der Waals surface area (Å²) in [5.41, 5.74) is 1.19. The number of thiophene rings is 1. The average molecular weight is 470 g/mol. The predicted molar refractivity (Wildman–Crippen MR) is 108 cm³/mol. The van der Waals surface area contributed by atoms with Gasteiger partial charge in [0.15, 0.2) is 0 Å². The van der Waals surface area contributed by atoms with E-state index < -0.39 is 15.6 Å². The summed E-state index contributed by atoms with van der Waals surface area (Å²) in [6, 6.07) is 8.65. The Morgan fingerprint density at radius 2 is 1.89 bits per heavy atom. The molecule has 9 heteroatoms. The Balaban J connectivity index is 1.81. The highest BCUT2D eigenvalue weighted by molar-refractivity contribution is 9.10. The number of ether oxygens (including phenoxy) is 1. The van der Waals surface area contributed by atoms with Crippen molar-refractivity contribution in [2.24, 2.45) is 0 Å². The zero-order valence-corrected chi connectivity index (χ0v) is 17.6. The van der Waals surface area contributed by atoms with Crippen LogP contribution < -0.4 is 5.63 Å². The highest BCUT2D eigenvalue weighted by Gasteiger charge is 2.28. The molecule has 0 saturated carbocycles. The fourth-order valence-corrected chi connectivity index (χ4v) is 6.44. The van der Waals surface area contributed by atoms with Crippen molar-refractivity contribution in [3.63, 3.8) is 0 Å². The number of hydrogen-bond donors (Lipinski definition) is 0. The molecule has 0 radical (unpaired) electrons. The van der Waals surface area contributed by atoms with Crippen LogP contribution >= 0.6 is 27.3 Å². The number of benzene rings is 1. The van der Waals surface area contributed by atoms with Crippen LogP contribution in [-0.2, 0) is 14.8 Å². The summed E-state index contributed by atoms with van der Waals surface area (Å²) in [4.78, 5) is 13.1. The predicted octanol–water partition coefficient (Wildman–Crippen LogP) is 3.61. The monoisotopic (exact) mass is 469 g/mol. The van der Waals surface area contributed by atoms with Crippen LogP contribution in [0.5, 0.6) is 0 Å². The lowest BCUT2D eigenvalue weighted by molar-refractivity contribution is 0.0731. The van der Waals surface area contributed by atoms with Crippen molar-refractivity contribution in [3.05, 3.63) is 50.8 Å². The molecule has 3 heterocycles. The van der Waals surface area contributed by atoms with Gasteiger partial charge in [0.2, 0.25) is 0 Å². The van der Waals surface area contributed by atoms with E-state index in [0.29, 0.717) is 42.3 Å². The van der Waals surface area contributed by atoms with Crippen molar-refractivity contribution in [2.45, 2.75) is 11.1 Å². The lowest BCUT2D eigenvalue weighted by atomic mass is 10.1. The van der Waals surface area contributed by atoms with Crippen molar-refractivity contribution in [2.75, 3.05) is 26.3 Å². The van der Waals surface area contributed by atoms with E-state index in [2.05, 4.69) is 15.9 Å². The molecule has 1 saturated heterocycles. The number of nitrogens with zero attached hydrogens (tertiary/aromatic N) is 1. The number of halogens is 1. The van der Waals surface area contributed by atoms with Gasteiger partial charge in [0.05, 0.1) is 18.8 Å². The Kier molecular flexibility index (Phi) is 4.98. The normalized spacial score (nSPS) is 16.1. The van der Waals surface area contributed by atoms with Crippen molar-refractivity contribution < 1.29 is 17.6 Å². The maximum absolute atomic E-state index is 12.8. The second kappa shape index (κ2) is 7.14. The minimum Gasteiger partial charge on any atom is -0.422 e. The lowest BCUT2D eigenvalue weighted by Gasteiger charge is -2.25. The fraction of sp³-hybridized carbons (Fsp3) is 0.278. The Morgan fingerprint density at radius 1 is 1.15 bits per heavy atom. The molecule has 142 valence electrons. The van der Waals surface area contributed by atoms with Crippen molar-refractivity contribution in [3.8, 4) is 10.4 Å². The molecule has 0 spiro atoms. The maximum atomic E-state index is 12.8.